The van der Waals surface area contributed by atoms with E-state index in [-0.39, 0.29) is 11.7 Å². The topological polar surface area (TPSA) is 90.3 Å². The van der Waals surface area contributed by atoms with Crippen molar-refractivity contribution in [3.8, 4) is 6.07 Å². The van der Waals surface area contributed by atoms with Gasteiger partial charge in [0.05, 0.1) is 23.1 Å². The van der Waals surface area contributed by atoms with Crippen LogP contribution in [0.4, 0.5) is 11.4 Å². The van der Waals surface area contributed by atoms with Gasteiger partial charge in [-0.15, -0.1) is 0 Å². The van der Waals surface area contributed by atoms with Gasteiger partial charge in [-0.25, -0.2) is 8.42 Å². The molecule has 2 aromatic rings. The van der Waals surface area contributed by atoms with E-state index in [0.29, 0.717) is 35.5 Å². The van der Waals surface area contributed by atoms with E-state index in [4.69, 9.17) is 5.26 Å². The van der Waals surface area contributed by atoms with Crippen molar-refractivity contribution in [2.24, 2.45) is 0 Å². The fourth-order valence-electron chi connectivity index (χ4n) is 2.75. The summed E-state index contributed by atoms with van der Waals surface area (Å²) in [5.74, 6) is -0.203. The first-order chi connectivity index (χ1) is 11.9. The molecule has 128 valence electrons. The molecule has 0 bridgehead atoms. The number of aryl methyl sites for hydroxylation is 1. The average Bonchev–Trinajstić information content (AvgIpc) is 2.96. The number of sulfonamides is 1. The standard InChI is InChI=1S/C18H17N3O3S/c1-13-6-7-16(21-8-3-9-25(21,23)24)11-17(13)20-18(22)15-5-2-4-14(10-15)12-19/h2,4-7,10-11H,3,8-9H2,1H3,(H,20,22). The Morgan fingerprint density at radius 2 is 2.04 bits per heavy atom. The zero-order valence-electron chi connectivity index (χ0n) is 13.7. The Morgan fingerprint density at radius 3 is 2.72 bits per heavy atom. The van der Waals surface area contributed by atoms with Crippen LogP contribution in [0.25, 0.3) is 0 Å². The molecule has 1 aliphatic heterocycles. The summed E-state index contributed by atoms with van der Waals surface area (Å²) in [4.78, 5) is 12.4. The molecule has 0 aromatic heterocycles. The monoisotopic (exact) mass is 355 g/mol. The van der Waals surface area contributed by atoms with Crippen molar-refractivity contribution in [3.63, 3.8) is 0 Å². The molecule has 0 spiro atoms. The molecule has 1 fully saturated rings. The molecule has 0 unspecified atom stereocenters. The van der Waals surface area contributed by atoms with Crippen LogP contribution in [0.3, 0.4) is 0 Å². The Balaban J connectivity index is 1.88. The molecule has 1 saturated heterocycles. The van der Waals surface area contributed by atoms with Crippen LogP contribution in [0, 0.1) is 18.3 Å². The largest absolute Gasteiger partial charge is 0.322 e. The van der Waals surface area contributed by atoms with Crippen LogP contribution >= 0.6 is 0 Å². The molecule has 1 heterocycles. The normalized spacial score (nSPS) is 15.6. The van der Waals surface area contributed by atoms with E-state index in [1.54, 1.807) is 36.4 Å². The number of carbonyl (C=O) groups is 1. The first-order valence-electron chi connectivity index (χ1n) is 7.83. The van der Waals surface area contributed by atoms with Gasteiger partial charge >= 0.3 is 0 Å². The lowest BCUT2D eigenvalue weighted by atomic mass is 10.1. The maximum atomic E-state index is 12.4. The number of carbonyl (C=O) groups excluding carboxylic acids is 1. The van der Waals surface area contributed by atoms with Crippen molar-refractivity contribution < 1.29 is 13.2 Å². The third kappa shape index (κ3) is 3.49. The van der Waals surface area contributed by atoms with E-state index in [9.17, 15) is 13.2 Å². The molecule has 0 radical (unpaired) electrons. The Morgan fingerprint density at radius 1 is 1.24 bits per heavy atom. The van der Waals surface area contributed by atoms with Gasteiger partial charge in [0, 0.05) is 17.8 Å². The van der Waals surface area contributed by atoms with Crippen molar-refractivity contribution in [1.82, 2.24) is 0 Å². The molecule has 25 heavy (non-hydrogen) atoms. The van der Waals surface area contributed by atoms with Crippen LogP contribution in [0.2, 0.25) is 0 Å². The first kappa shape index (κ1) is 17.0. The van der Waals surface area contributed by atoms with Crippen molar-refractivity contribution >= 4 is 27.3 Å². The Hall–Kier alpha value is -2.85. The fourth-order valence-corrected chi connectivity index (χ4v) is 4.31. The molecule has 3 rings (SSSR count). The number of hydrogen-bond acceptors (Lipinski definition) is 4. The highest BCUT2D eigenvalue weighted by Crippen LogP contribution is 2.28. The number of benzene rings is 2. The number of hydrogen-bond donors (Lipinski definition) is 1. The van der Waals surface area contributed by atoms with Gasteiger partial charge < -0.3 is 5.32 Å². The molecule has 0 saturated carbocycles. The SMILES string of the molecule is Cc1ccc(N2CCCS2(=O)=O)cc1NC(=O)c1cccc(C#N)c1. The van der Waals surface area contributed by atoms with E-state index in [2.05, 4.69) is 5.32 Å². The predicted molar refractivity (Wildman–Crippen MR) is 96.0 cm³/mol. The summed E-state index contributed by atoms with van der Waals surface area (Å²) in [5.41, 5.74) is 2.69. The van der Waals surface area contributed by atoms with Crippen LogP contribution in [-0.2, 0) is 10.0 Å². The summed E-state index contributed by atoms with van der Waals surface area (Å²) >= 11 is 0. The predicted octanol–water partition coefficient (Wildman–Crippen LogP) is 2.66. The zero-order chi connectivity index (χ0) is 18.0. The zero-order valence-corrected chi connectivity index (χ0v) is 14.5. The Kier molecular flexibility index (Phi) is 4.47. The summed E-state index contributed by atoms with van der Waals surface area (Å²) in [7, 11) is -3.27. The molecule has 7 heteroatoms. The van der Waals surface area contributed by atoms with E-state index in [1.807, 2.05) is 13.0 Å². The first-order valence-corrected chi connectivity index (χ1v) is 9.44. The molecule has 0 atom stereocenters. The number of nitriles is 1. The Bertz CT molecular complexity index is 977. The fraction of sp³-hybridized carbons (Fsp3) is 0.222. The van der Waals surface area contributed by atoms with Gasteiger partial charge in [0.25, 0.3) is 5.91 Å². The number of nitrogens with one attached hydrogen (secondary N) is 1. The van der Waals surface area contributed by atoms with Crippen LogP contribution in [0.5, 0.6) is 0 Å². The number of nitrogens with zero attached hydrogens (tertiary/aromatic N) is 2. The lowest BCUT2D eigenvalue weighted by Gasteiger charge is -2.19. The second kappa shape index (κ2) is 6.57. The van der Waals surface area contributed by atoms with Gasteiger partial charge in [-0.05, 0) is 49.2 Å². The van der Waals surface area contributed by atoms with Crippen LogP contribution < -0.4 is 9.62 Å². The van der Waals surface area contributed by atoms with Gasteiger partial charge in [-0.1, -0.05) is 12.1 Å². The summed E-state index contributed by atoms with van der Waals surface area (Å²) in [6.07, 6.45) is 0.596. The third-order valence-corrected chi connectivity index (χ3v) is 5.98. The molecule has 1 amide bonds. The summed E-state index contributed by atoms with van der Waals surface area (Å²) in [6.45, 7) is 2.28. The van der Waals surface area contributed by atoms with Gasteiger partial charge in [0.1, 0.15) is 0 Å². The van der Waals surface area contributed by atoms with E-state index < -0.39 is 10.0 Å². The molecule has 1 aliphatic rings. The van der Waals surface area contributed by atoms with Crippen molar-refractivity contribution in [3.05, 3.63) is 59.2 Å². The number of anilines is 2. The van der Waals surface area contributed by atoms with Crippen molar-refractivity contribution in [2.45, 2.75) is 13.3 Å². The molecule has 6 nitrogen and oxygen atoms in total. The van der Waals surface area contributed by atoms with Gasteiger partial charge in [-0.2, -0.15) is 5.26 Å². The second-order valence-corrected chi connectivity index (χ2v) is 7.90. The van der Waals surface area contributed by atoms with Crippen molar-refractivity contribution in [2.75, 3.05) is 21.9 Å². The highest BCUT2D eigenvalue weighted by atomic mass is 32.2. The maximum absolute atomic E-state index is 12.4. The summed E-state index contributed by atoms with van der Waals surface area (Å²) in [5, 5.41) is 11.7. The van der Waals surface area contributed by atoms with Gasteiger partial charge in [-0.3, -0.25) is 9.10 Å². The van der Waals surface area contributed by atoms with Crippen LogP contribution in [0.1, 0.15) is 27.9 Å². The average molecular weight is 355 g/mol. The third-order valence-electron chi connectivity index (χ3n) is 4.11. The molecule has 1 N–H and O–H groups in total. The van der Waals surface area contributed by atoms with Crippen LogP contribution in [-0.4, -0.2) is 26.6 Å². The lowest BCUT2D eigenvalue weighted by molar-refractivity contribution is 0.102. The van der Waals surface area contributed by atoms with E-state index in [1.165, 1.54) is 10.4 Å². The van der Waals surface area contributed by atoms with E-state index >= 15 is 0 Å². The smallest absolute Gasteiger partial charge is 0.255 e. The van der Waals surface area contributed by atoms with Crippen LogP contribution in [0.15, 0.2) is 42.5 Å². The maximum Gasteiger partial charge on any atom is 0.255 e. The van der Waals surface area contributed by atoms with Gasteiger partial charge in [0.15, 0.2) is 0 Å². The van der Waals surface area contributed by atoms with Crippen molar-refractivity contribution in [1.29, 1.82) is 5.26 Å². The highest BCUT2D eigenvalue weighted by molar-refractivity contribution is 7.93. The number of amides is 1. The quantitative estimate of drug-likeness (QED) is 0.916. The second-order valence-electron chi connectivity index (χ2n) is 5.89. The van der Waals surface area contributed by atoms with E-state index in [0.717, 1.165) is 5.56 Å². The minimum absolute atomic E-state index is 0.142. The lowest BCUT2D eigenvalue weighted by Crippen LogP contribution is -2.25. The molecule has 2 aromatic carbocycles. The molecular weight excluding hydrogens is 338 g/mol. The summed E-state index contributed by atoms with van der Waals surface area (Å²) in [6, 6.07) is 13.6. The minimum Gasteiger partial charge on any atom is -0.322 e. The van der Waals surface area contributed by atoms with Gasteiger partial charge in [0.2, 0.25) is 10.0 Å². The minimum atomic E-state index is -3.27. The molecule has 0 aliphatic carbocycles. The highest BCUT2D eigenvalue weighted by Gasteiger charge is 2.28. The number of rotatable bonds is 3. The summed E-state index contributed by atoms with van der Waals surface area (Å²) < 4.78 is 25.5. The molecular formula is C18H17N3O3S. The Labute approximate surface area is 146 Å².